The molecule has 0 aliphatic rings. The van der Waals surface area contributed by atoms with Gasteiger partial charge in [0.05, 0.1) is 19.2 Å². The average molecular weight is 1040 g/mol. The number of aliphatic hydroxyl groups excluding tert-OH is 1. The molecule has 9 nitrogen and oxygen atoms in total. The first-order valence-corrected chi connectivity index (χ1v) is 22.9. The first kappa shape index (κ1) is 52.0. The number of halogens is 3. The third-order valence-electron chi connectivity index (χ3n) is 8.63. The van der Waals surface area contributed by atoms with Crippen LogP contribution in [-0.4, -0.2) is 65.5 Å². The topological polar surface area (TPSA) is 97.8 Å². The van der Waals surface area contributed by atoms with Crippen molar-refractivity contribution in [3.8, 4) is 11.5 Å². The molecule has 1 N–H and O–H groups in total. The van der Waals surface area contributed by atoms with E-state index in [2.05, 4.69) is 79.0 Å². The molecule has 12 heteroatoms. The van der Waals surface area contributed by atoms with Gasteiger partial charge in [-0.2, -0.15) is 0 Å². The minimum absolute atomic E-state index is 0.130. The van der Waals surface area contributed by atoms with Crippen LogP contribution in [0, 0.1) is 0 Å². The third kappa shape index (κ3) is 20.2. The molecular formula is C50H61Br3N2O7. The Morgan fingerprint density at radius 1 is 0.532 bits per heavy atom. The summed E-state index contributed by atoms with van der Waals surface area (Å²) in [4.78, 5) is 27.0. The number of carbonyl (C=O) groups excluding carboxylic acids is 2. The van der Waals surface area contributed by atoms with Gasteiger partial charge in [-0.25, -0.2) is 9.59 Å². The molecule has 0 aromatic heterocycles. The van der Waals surface area contributed by atoms with Gasteiger partial charge in [0.15, 0.2) is 0 Å². The van der Waals surface area contributed by atoms with Crippen molar-refractivity contribution in [2.45, 2.75) is 90.8 Å². The number of amides is 2. The summed E-state index contributed by atoms with van der Waals surface area (Å²) in [6, 6.07) is 43.2. The molecule has 0 aliphatic carbocycles. The molecule has 0 saturated carbocycles. The van der Waals surface area contributed by atoms with Crippen molar-refractivity contribution >= 4 is 60.0 Å². The molecule has 0 bridgehead atoms. The molecule has 3 atom stereocenters. The Bertz CT molecular complexity index is 2040. The molecule has 334 valence electrons. The fourth-order valence-corrected chi connectivity index (χ4v) is 6.37. The van der Waals surface area contributed by atoms with Crippen molar-refractivity contribution in [3.05, 3.63) is 164 Å². The fraction of sp³-hybridized carbons (Fsp3) is 0.360. The molecule has 3 unspecified atom stereocenters. The highest BCUT2D eigenvalue weighted by Gasteiger charge is 2.25. The highest BCUT2D eigenvalue weighted by molar-refractivity contribution is 9.11. The standard InChI is InChI=1S/C20H24BrNO3.C16H17BrO.C14H20BrNO3/c1-20(2,3)25-19(23)22(4)14-18(15-10-12-16(21)13-11-15)24-17-8-6-5-7-9-17;1-2-6-16(13-9-11-14(17)12-10-13)18-15-7-4-3-5-8-15;1-14(2,3)19-13(18)16(4)9-12(17)10-5-7-11(15)8-6-10/h5-13,18H,14H2,1-4H3;3-5,7-12,16H,2,6H2,1H3;5-8,12,17H,9H2,1-4H3. The van der Waals surface area contributed by atoms with E-state index in [0.29, 0.717) is 6.54 Å². The smallest absolute Gasteiger partial charge is 0.410 e. The zero-order chi connectivity index (χ0) is 45.9. The zero-order valence-corrected chi connectivity index (χ0v) is 41.9. The monoisotopic (exact) mass is 1040 g/mol. The van der Waals surface area contributed by atoms with E-state index in [1.165, 1.54) is 10.5 Å². The van der Waals surface area contributed by atoms with Crippen molar-refractivity contribution < 1.29 is 33.6 Å². The molecule has 0 spiro atoms. The maximum absolute atomic E-state index is 12.3. The Hall–Kier alpha value is -4.36. The molecule has 5 aromatic carbocycles. The first-order chi connectivity index (χ1) is 29.2. The number of rotatable bonds is 13. The van der Waals surface area contributed by atoms with Gasteiger partial charge in [0, 0.05) is 27.5 Å². The van der Waals surface area contributed by atoms with Crippen molar-refractivity contribution in [1.29, 1.82) is 0 Å². The number of benzene rings is 5. The lowest BCUT2D eigenvalue weighted by Gasteiger charge is -2.28. The lowest BCUT2D eigenvalue weighted by molar-refractivity contribution is 0.0203. The van der Waals surface area contributed by atoms with Crippen LogP contribution in [-0.2, 0) is 9.47 Å². The number of carbonyl (C=O) groups is 2. The first-order valence-electron chi connectivity index (χ1n) is 20.5. The Morgan fingerprint density at radius 2 is 0.871 bits per heavy atom. The number of para-hydroxylation sites is 2. The summed E-state index contributed by atoms with van der Waals surface area (Å²) < 4.78 is 25.9. The summed E-state index contributed by atoms with van der Waals surface area (Å²) in [5, 5.41) is 10.1. The van der Waals surface area contributed by atoms with Crippen LogP contribution >= 0.6 is 47.8 Å². The van der Waals surface area contributed by atoms with Crippen molar-refractivity contribution in [2.75, 3.05) is 27.2 Å². The predicted octanol–water partition coefficient (Wildman–Crippen LogP) is 14.2. The normalized spacial score (nSPS) is 12.5. The third-order valence-corrected chi connectivity index (χ3v) is 10.2. The molecule has 5 aromatic rings. The summed E-state index contributed by atoms with van der Waals surface area (Å²) in [7, 11) is 3.32. The van der Waals surface area contributed by atoms with E-state index >= 15 is 0 Å². The van der Waals surface area contributed by atoms with Crippen molar-refractivity contribution in [1.82, 2.24) is 9.80 Å². The maximum Gasteiger partial charge on any atom is 0.410 e. The number of ether oxygens (including phenoxy) is 4. The summed E-state index contributed by atoms with van der Waals surface area (Å²) in [6.45, 7) is 13.7. The predicted molar refractivity (Wildman–Crippen MR) is 260 cm³/mol. The average Bonchev–Trinajstić information content (AvgIpc) is 3.21. The van der Waals surface area contributed by atoms with Gasteiger partial charge in [0.2, 0.25) is 0 Å². The van der Waals surface area contributed by atoms with Crippen molar-refractivity contribution in [3.63, 3.8) is 0 Å². The van der Waals surface area contributed by atoms with Gasteiger partial charge >= 0.3 is 12.2 Å². The second-order valence-electron chi connectivity index (χ2n) is 16.5. The number of hydrogen-bond acceptors (Lipinski definition) is 7. The van der Waals surface area contributed by atoms with E-state index in [0.717, 1.165) is 48.9 Å². The van der Waals surface area contributed by atoms with E-state index in [-0.39, 0.29) is 24.8 Å². The second kappa shape index (κ2) is 25.7. The Kier molecular flexibility index (Phi) is 21.5. The minimum Gasteiger partial charge on any atom is -0.486 e. The largest absolute Gasteiger partial charge is 0.486 e. The van der Waals surface area contributed by atoms with Gasteiger partial charge in [-0.1, -0.05) is 134 Å². The summed E-state index contributed by atoms with van der Waals surface area (Å²) in [5.41, 5.74) is 1.91. The second-order valence-corrected chi connectivity index (χ2v) is 19.3. The summed E-state index contributed by atoms with van der Waals surface area (Å²) in [6.07, 6.45) is 0.420. The van der Waals surface area contributed by atoms with E-state index in [1.54, 1.807) is 19.0 Å². The lowest BCUT2D eigenvalue weighted by atomic mass is 10.1. The van der Waals surface area contributed by atoms with E-state index in [1.807, 2.05) is 151 Å². The van der Waals surface area contributed by atoms with Crippen LogP contribution in [0.1, 0.15) is 96.3 Å². The Balaban J connectivity index is 0.000000252. The van der Waals surface area contributed by atoms with Gasteiger partial charge in [-0.05, 0) is 125 Å². The van der Waals surface area contributed by atoms with Gasteiger partial charge in [0.25, 0.3) is 0 Å². The number of aliphatic hydroxyl groups is 1. The molecule has 0 aliphatic heterocycles. The van der Waals surface area contributed by atoms with Crippen LogP contribution in [0.4, 0.5) is 9.59 Å². The SMILES string of the molecule is CCCC(Oc1ccccc1)c1ccc(Br)cc1.CN(CC(O)c1ccc(Br)cc1)C(=O)OC(C)(C)C.CN(CC(Oc1ccccc1)c1ccc(Br)cc1)C(=O)OC(C)(C)C. The van der Waals surface area contributed by atoms with Gasteiger partial charge < -0.3 is 33.9 Å². The minimum atomic E-state index is -0.731. The fourth-order valence-electron chi connectivity index (χ4n) is 5.58. The molecule has 0 saturated heterocycles. The molecular weight excluding hydrogens is 980 g/mol. The maximum atomic E-state index is 12.3. The van der Waals surface area contributed by atoms with Gasteiger partial charge in [-0.15, -0.1) is 0 Å². The molecule has 0 radical (unpaired) electrons. The van der Waals surface area contributed by atoms with E-state index in [9.17, 15) is 14.7 Å². The number of nitrogens with zero attached hydrogens (tertiary/aromatic N) is 2. The number of hydrogen-bond donors (Lipinski definition) is 1. The molecule has 5 rings (SSSR count). The van der Waals surface area contributed by atoms with Crippen LogP contribution in [0.5, 0.6) is 11.5 Å². The molecule has 0 fully saturated rings. The molecule has 2 amide bonds. The Morgan fingerprint density at radius 3 is 1.24 bits per heavy atom. The van der Waals surface area contributed by atoms with Crippen molar-refractivity contribution in [2.24, 2.45) is 0 Å². The van der Waals surface area contributed by atoms with Crippen LogP contribution in [0.15, 0.2) is 147 Å². The number of likely N-dealkylation sites (N-methyl/N-ethyl adjacent to an activating group) is 2. The van der Waals surface area contributed by atoms with Gasteiger partial charge in [0.1, 0.15) is 34.9 Å². The van der Waals surface area contributed by atoms with Crippen LogP contribution in [0.3, 0.4) is 0 Å². The highest BCUT2D eigenvalue weighted by Crippen LogP contribution is 2.28. The molecule has 62 heavy (non-hydrogen) atoms. The quantitative estimate of drug-likeness (QED) is 0.125. The van der Waals surface area contributed by atoms with Crippen LogP contribution < -0.4 is 9.47 Å². The van der Waals surface area contributed by atoms with E-state index < -0.39 is 23.4 Å². The van der Waals surface area contributed by atoms with Crippen LogP contribution in [0.2, 0.25) is 0 Å². The summed E-state index contributed by atoms with van der Waals surface area (Å²) >= 11 is 10.2. The highest BCUT2D eigenvalue weighted by atomic mass is 79.9. The summed E-state index contributed by atoms with van der Waals surface area (Å²) in [5.74, 6) is 1.69. The molecule has 0 heterocycles. The van der Waals surface area contributed by atoms with Crippen LogP contribution in [0.25, 0.3) is 0 Å². The Labute approximate surface area is 394 Å². The lowest BCUT2D eigenvalue weighted by Crippen LogP contribution is -2.37. The van der Waals surface area contributed by atoms with E-state index in [4.69, 9.17) is 18.9 Å². The zero-order valence-electron chi connectivity index (χ0n) is 37.2. The van der Waals surface area contributed by atoms with Gasteiger partial charge in [-0.3, -0.25) is 0 Å².